The molecule has 0 N–H and O–H groups in total. The van der Waals surface area contributed by atoms with E-state index in [1.807, 2.05) is 0 Å². The predicted octanol–water partition coefficient (Wildman–Crippen LogP) is 3.01. The quantitative estimate of drug-likeness (QED) is 0.710. The van der Waals surface area contributed by atoms with Crippen LogP contribution in [0.5, 0.6) is 0 Å². The van der Waals surface area contributed by atoms with E-state index >= 15 is 0 Å². The molecule has 0 spiro atoms. The van der Waals surface area contributed by atoms with Crippen LogP contribution < -0.4 is 0 Å². The third-order valence-electron chi connectivity index (χ3n) is 1.73. The van der Waals surface area contributed by atoms with Gasteiger partial charge in [-0.05, 0) is 12.1 Å². The number of rotatable bonds is 2. The molecule has 0 aliphatic heterocycles. The number of esters is 1. The van der Waals surface area contributed by atoms with Crippen molar-refractivity contribution in [2.45, 2.75) is 0 Å². The van der Waals surface area contributed by atoms with E-state index in [0.29, 0.717) is 0 Å². The number of methoxy groups -OCH3 is 1. The maximum atomic E-state index is 12.7. The Morgan fingerprint density at radius 2 is 1.53 bits per heavy atom. The molecule has 1 aromatic rings. The van der Waals surface area contributed by atoms with Gasteiger partial charge < -0.3 is 4.74 Å². The van der Waals surface area contributed by atoms with Crippen LogP contribution in [0.2, 0.25) is 0 Å². The van der Waals surface area contributed by atoms with Crippen LogP contribution in [0, 0.1) is 0 Å². The topological polar surface area (TPSA) is 26.3 Å². The minimum Gasteiger partial charge on any atom is -0.465 e. The number of benzene rings is 1. The summed E-state index contributed by atoms with van der Waals surface area (Å²) in [5.74, 6) is -2.20. The van der Waals surface area contributed by atoms with Crippen molar-refractivity contribution >= 4 is 11.8 Å². The van der Waals surface area contributed by atoms with Gasteiger partial charge in [0, 0.05) is 5.56 Å². The van der Waals surface area contributed by atoms with E-state index in [0.717, 1.165) is 12.1 Å². The van der Waals surface area contributed by atoms with E-state index in [2.05, 4.69) is 4.74 Å². The maximum absolute atomic E-state index is 12.7. The van der Waals surface area contributed by atoms with E-state index in [1.165, 1.54) is 19.2 Å². The number of hydrogen-bond acceptors (Lipinski definition) is 2. The van der Waals surface area contributed by atoms with Crippen molar-refractivity contribution < 1.29 is 22.7 Å². The van der Waals surface area contributed by atoms with Gasteiger partial charge >= 0.3 is 12.0 Å². The highest BCUT2D eigenvalue weighted by Gasteiger charge is 2.10. The number of hydrogen-bond donors (Lipinski definition) is 0. The summed E-state index contributed by atoms with van der Waals surface area (Å²) in [5.41, 5.74) is -0.101. The van der Waals surface area contributed by atoms with Crippen molar-refractivity contribution in [2.24, 2.45) is 0 Å². The predicted molar refractivity (Wildman–Crippen MR) is 48.0 cm³/mol. The normalized spacial score (nSPS) is 9.60. The Kier molecular flexibility index (Phi) is 3.49. The lowest BCUT2D eigenvalue weighted by Gasteiger charge is -2.00. The zero-order valence-corrected chi connectivity index (χ0v) is 7.76. The van der Waals surface area contributed by atoms with Gasteiger partial charge in [-0.15, -0.1) is 0 Å². The fourth-order valence-electron chi connectivity index (χ4n) is 0.980. The summed E-state index contributed by atoms with van der Waals surface area (Å²) in [4.78, 5) is 11.0. The van der Waals surface area contributed by atoms with Crippen LogP contribution in [-0.2, 0) is 4.74 Å². The van der Waals surface area contributed by atoms with E-state index < -0.39 is 17.9 Å². The first-order chi connectivity index (χ1) is 7.06. The molecule has 0 amide bonds. The molecule has 0 fully saturated rings. The highest BCUT2D eigenvalue weighted by Crippen LogP contribution is 2.22. The van der Waals surface area contributed by atoms with Crippen molar-refractivity contribution in [1.29, 1.82) is 0 Å². The molecule has 1 aromatic carbocycles. The molecule has 0 bridgehead atoms. The lowest BCUT2D eigenvalue weighted by molar-refractivity contribution is 0.0600. The lowest BCUT2D eigenvalue weighted by atomic mass is 10.1. The second kappa shape index (κ2) is 4.63. The molecule has 80 valence electrons. The average Bonchev–Trinajstić information content (AvgIpc) is 2.27. The van der Waals surface area contributed by atoms with Crippen LogP contribution in [-0.4, -0.2) is 13.1 Å². The van der Waals surface area contributed by atoms with Crippen molar-refractivity contribution in [3.05, 3.63) is 41.5 Å². The molecule has 0 aliphatic rings. The Morgan fingerprint density at radius 1 is 1.07 bits per heavy atom. The largest absolute Gasteiger partial charge is 0.465 e. The number of carbonyl (C=O) groups excluding carboxylic acids is 1. The van der Waals surface area contributed by atoms with Gasteiger partial charge in [0.25, 0.3) is 0 Å². The molecule has 1 rings (SSSR count). The monoisotopic (exact) mass is 216 g/mol. The molecule has 0 aliphatic carbocycles. The lowest BCUT2D eigenvalue weighted by Crippen LogP contribution is -2.00. The number of ether oxygens (including phenoxy) is 1. The molecule has 0 atom stereocenters. The Morgan fingerprint density at radius 3 is 1.93 bits per heavy atom. The van der Waals surface area contributed by atoms with E-state index in [9.17, 15) is 18.0 Å². The summed E-state index contributed by atoms with van der Waals surface area (Å²) in [6, 6.07) is 4.59. The second-order valence-electron chi connectivity index (χ2n) is 2.64. The first kappa shape index (κ1) is 11.3. The van der Waals surface area contributed by atoms with Crippen LogP contribution in [0.1, 0.15) is 15.9 Å². The van der Waals surface area contributed by atoms with Crippen LogP contribution >= 0.6 is 0 Å². The molecule has 0 unspecified atom stereocenters. The minimum absolute atomic E-state index is 0.174. The summed E-state index contributed by atoms with van der Waals surface area (Å²) in [6.07, 6.45) is -2.39. The standard InChI is InChI=1S/C10H7F3O2/c1-15-10(14)7-4-2-6(3-5-7)8(11)9(12)13/h2-5H,1H3. The van der Waals surface area contributed by atoms with Gasteiger partial charge in [0.1, 0.15) is 0 Å². The summed E-state index contributed by atoms with van der Waals surface area (Å²) >= 11 is 0. The van der Waals surface area contributed by atoms with Crippen LogP contribution in [0.3, 0.4) is 0 Å². The van der Waals surface area contributed by atoms with Crippen LogP contribution in [0.25, 0.3) is 5.83 Å². The van der Waals surface area contributed by atoms with E-state index in [-0.39, 0.29) is 11.1 Å². The molecule has 15 heavy (non-hydrogen) atoms. The third-order valence-corrected chi connectivity index (χ3v) is 1.73. The first-order valence-corrected chi connectivity index (χ1v) is 3.95. The molecule has 0 aromatic heterocycles. The third kappa shape index (κ3) is 2.59. The molecule has 0 radical (unpaired) electrons. The molecule has 0 heterocycles. The summed E-state index contributed by atoms with van der Waals surface area (Å²) in [6.45, 7) is 0. The van der Waals surface area contributed by atoms with Crippen LogP contribution in [0.15, 0.2) is 30.3 Å². The molecule has 0 saturated carbocycles. The zero-order valence-electron chi connectivity index (χ0n) is 7.76. The van der Waals surface area contributed by atoms with Gasteiger partial charge in [0.15, 0.2) is 5.83 Å². The smallest absolute Gasteiger partial charge is 0.337 e. The highest BCUT2D eigenvalue weighted by molar-refractivity contribution is 5.89. The summed E-state index contributed by atoms with van der Waals surface area (Å²) < 4.78 is 40.8. The van der Waals surface area contributed by atoms with Crippen molar-refractivity contribution in [2.75, 3.05) is 7.11 Å². The first-order valence-electron chi connectivity index (χ1n) is 3.95. The summed E-state index contributed by atoms with van der Waals surface area (Å²) in [7, 11) is 1.19. The Hall–Kier alpha value is -1.78. The fourth-order valence-corrected chi connectivity index (χ4v) is 0.980. The maximum Gasteiger partial charge on any atom is 0.337 e. The zero-order chi connectivity index (χ0) is 11.4. The number of carbonyl (C=O) groups is 1. The van der Waals surface area contributed by atoms with Crippen LogP contribution in [0.4, 0.5) is 13.2 Å². The van der Waals surface area contributed by atoms with E-state index in [4.69, 9.17) is 0 Å². The fraction of sp³-hybridized carbons (Fsp3) is 0.100. The van der Waals surface area contributed by atoms with Gasteiger partial charge in [0.2, 0.25) is 0 Å². The number of halogens is 3. The summed E-state index contributed by atoms with van der Waals surface area (Å²) in [5, 5.41) is 0. The molecule has 5 heteroatoms. The van der Waals surface area contributed by atoms with Gasteiger partial charge in [-0.1, -0.05) is 12.1 Å². The molecule has 0 saturated heterocycles. The van der Waals surface area contributed by atoms with Crippen molar-refractivity contribution in [1.82, 2.24) is 0 Å². The van der Waals surface area contributed by atoms with E-state index in [1.54, 1.807) is 0 Å². The van der Waals surface area contributed by atoms with Gasteiger partial charge in [0.05, 0.1) is 12.7 Å². The average molecular weight is 216 g/mol. The van der Waals surface area contributed by atoms with Crippen molar-refractivity contribution in [3.63, 3.8) is 0 Å². The highest BCUT2D eigenvalue weighted by atomic mass is 19.3. The van der Waals surface area contributed by atoms with Gasteiger partial charge in [-0.2, -0.15) is 8.78 Å². The Balaban J connectivity index is 3.01. The molecule has 2 nitrogen and oxygen atoms in total. The second-order valence-corrected chi connectivity index (χ2v) is 2.64. The van der Waals surface area contributed by atoms with Crippen molar-refractivity contribution in [3.8, 4) is 0 Å². The molecular formula is C10H7F3O2. The minimum atomic E-state index is -2.39. The van der Waals surface area contributed by atoms with Gasteiger partial charge in [-0.3, -0.25) is 0 Å². The Bertz CT molecular complexity index is 392. The van der Waals surface area contributed by atoms with Gasteiger partial charge in [-0.25, -0.2) is 9.18 Å². The SMILES string of the molecule is COC(=O)c1ccc(C(F)=C(F)F)cc1. The molecular weight excluding hydrogens is 209 g/mol. The Labute approximate surface area is 84.0 Å².